The van der Waals surface area contributed by atoms with Crippen LogP contribution in [0.4, 0.5) is 8.78 Å². The topological polar surface area (TPSA) is 46.5 Å². The van der Waals surface area contributed by atoms with E-state index in [0.717, 1.165) is 6.07 Å². The molecule has 1 aromatic rings. The monoisotopic (exact) mass is 244 g/mol. The summed E-state index contributed by atoms with van der Waals surface area (Å²) in [6, 6.07) is 3.62. The predicted molar refractivity (Wildman–Crippen MR) is 57.4 cm³/mol. The zero-order valence-electron chi connectivity index (χ0n) is 9.61. The van der Waals surface area contributed by atoms with Crippen LogP contribution in [0.5, 0.6) is 0 Å². The smallest absolute Gasteiger partial charge is 0.335 e. The molecule has 0 fully saturated rings. The van der Waals surface area contributed by atoms with Gasteiger partial charge in [0.05, 0.1) is 6.61 Å². The van der Waals surface area contributed by atoms with Gasteiger partial charge in [-0.25, -0.2) is 13.6 Å². The minimum absolute atomic E-state index is 0.0504. The lowest BCUT2D eigenvalue weighted by Gasteiger charge is -2.18. The molecule has 0 saturated heterocycles. The van der Waals surface area contributed by atoms with Gasteiger partial charge in [-0.2, -0.15) is 0 Å². The van der Waals surface area contributed by atoms with E-state index >= 15 is 0 Å². The summed E-state index contributed by atoms with van der Waals surface area (Å²) in [5, 5.41) is 9.62. The highest BCUT2D eigenvalue weighted by molar-refractivity contribution is 5.75. The van der Waals surface area contributed by atoms with Gasteiger partial charge in [-0.3, -0.25) is 0 Å². The largest absolute Gasteiger partial charge is 0.464 e. The Balaban J connectivity index is 2.92. The molecule has 17 heavy (non-hydrogen) atoms. The third-order valence-electron chi connectivity index (χ3n) is 2.47. The number of benzene rings is 1. The van der Waals surface area contributed by atoms with Gasteiger partial charge in [0.25, 0.3) is 0 Å². The summed E-state index contributed by atoms with van der Waals surface area (Å²) < 4.78 is 31.0. The molecule has 0 heterocycles. The molecule has 0 spiro atoms. The van der Waals surface area contributed by atoms with Crippen LogP contribution in [-0.2, 0) is 9.53 Å². The number of rotatable bonds is 4. The van der Waals surface area contributed by atoms with Crippen molar-refractivity contribution >= 4 is 5.97 Å². The second-order valence-electron chi connectivity index (χ2n) is 3.63. The van der Waals surface area contributed by atoms with Crippen molar-refractivity contribution in [2.45, 2.75) is 25.9 Å². The van der Waals surface area contributed by atoms with Gasteiger partial charge in [0.1, 0.15) is 0 Å². The van der Waals surface area contributed by atoms with Crippen LogP contribution in [0.25, 0.3) is 0 Å². The highest BCUT2D eigenvalue weighted by Gasteiger charge is 2.27. The Bertz CT molecular complexity index is 407. The fourth-order valence-corrected chi connectivity index (χ4v) is 1.47. The molecule has 0 bridgehead atoms. The first kappa shape index (κ1) is 13.6. The molecule has 1 N–H and O–H groups in total. The number of aliphatic hydroxyl groups is 1. The summed E-state index contributed by atoms with van der Waals surface area (Å²) in [7, 11) is 0. The molecule has 0 aliphatic rings. The van der Waals surface area contributed by atoms with Gasteiger partial charge >= 0.3 is 5.97 Å². The maximum atomic E-state index is 13.4. The van der Waals surface area contributed by atoms with Gasteiger partial charge < -0.3 is 9.84 Å². The van der Waals surface area contributed by atoms with Crippen LogP contribution in [0.15, 0.2) is 18.2 Å². The lowest BCUT2D eigenvalue weighted by Crippen LogP contribution is -2.29. The summed E-state index contributed by atoms with van der Waals surface area (Å²) in [5.41, 5.74) is -0.0504. The highest BCUT2D eigenvalue weighted by Crippen LogP contribution is 2.24. The molecule has 3 nitrogen and oxygen atoms in total. The van der Waals surface area contributed by atoms with Gasteiger partial charge in [0, 0.05) is 5.92 Å². The number of carbonyl (C=O) groups excluding carboxylic acids is 1. The lowest BCUT2D eigenvalue weighted by molar-refractivity contribution is -0.154. The fourth-order valence-electron chi connectivity index (χ4n) is 1.47. The van der Waals surface area contributed by atoms with Crippen LogP contribution >= 0.6 is 0 Å². The quantitative estimate of drug-likeness (QED) is 0.824. The molecular formula is C12H14F2O3. The first-order chi connectivity index (χ1) is 7.99. The third kappa shape index (κ3) is 3.00. The second kappa shape index (κ2) is 5.72. The Morgan fingerprint density at radius 1 is 1.47 bits per heavy atom. The minimum Gasteiger partial charge on any atom is -0.464 e. The van der Waals surface area contributed by atoms with E-state index in [0.29, 0.717) is 0 Å². The zero-order chi connectivity index (χ0) is 13.0. The standard InChI is InChI=1S/C12H14F2O3/c1-3-17-12(16)11(15)7(2)8-5-4-6-9(13)10(8)14/h4-7,11,15H,3H2,1-2H3. The van der Waals surface area contributed by atoms with E-state index in [-0.39, 0.29) is 12.2 Å². The zero-order valence-corrected chi connectivity index (χ0v) is 9.61. The van der Waals surface area contributed by atoms with Crippen molar-refractivity contribution in [1.82, 2.24) is 0 Å². The van der Waals surface area contributed by atoms with Crippen LogP contribution in [0, 0.1) is 11.6 Å². The van der Waals surface area contributed by atoms with E-state index in [1.54, 1.807) is 6.92 Å². The van der Waals surface area contributed by atoms with E-state index in [4.69, 9.17) is 0 Å². The molecule has 2 atom stereocenters. The van der Waals surface area contributed by atoms with Crippen molar-refractivity contribution < 1.29 is 23.4 Å². The molecule has 0 aliphatic heterocycles. The minimum atomic E-state index is -1.51. The van der Waals surface area contributed by atoms with E-state index in [1.165, 1.54) is 19.1 Å². The van der Waals surface area contributed by atoms with Crippen LogP contribution < -0.4 is 0 Å². The SMILES string of the molecule is CCOC(=O)C(O)C(C)c1cccc(F)c1F. The Labute approximate surface area is 98.0 Å². The van der Waals surface area contributed by atoms with Gasteiger partial charge in [0.15, 0.2) is 17.7 Å². The van der Waals surface area contributed by atoms with Crippen LogP contribution in [0.3, 0.4) is 0 Å². The van der Waals surface area contributed by atoms with E-state index in [1.807, 2.05) is 0 Å². The molecule has 5 heteroatoms. The molecule has 0 aromatic heterocycles. The fraction of sp³-hybridized carbons (Fsp3) is 0.417. The Kier molecular flexibility index (Phi) is 4.57. The molecule has 94 valence electrons. The number of halogens is 2. The third-order valence-corrected chi connectivity index (χ3v) is 2.47. The Hall–Kier alpha value is -1.49. The number of ether oxygens (including phenoxy) is 1. The van der Waals surface area contributed by atoms with Crippen LogP contribution in [-0.4, -0.2) is 23.8 Å². The summed E-state index contributed by atoms with van der Waals surface area (Å²) >= 11 is 0. The van der Waals surface area contributed by atoms with Gasteiger partial charge in [-0.05, 0) is 18.6 Å². The van der Waals surface area contributed by atoms with Crippen molar-refractivity contribution in [3.8, 4) is 0 Å². The van der Waals surface area contributed by atoms with Crippen molar-refractivity contribution in [2.75, 3.05) is 6.61 Å². The molecule has 2 unspecified atom stereocenters. The maximum absolute atomic E-state index is 13.4. The van der Waals surface area contributed by atoms with Crippen LogP contribution in [0.1, 0.15) is 25.3 Å². The van der Waals surface area contributed by atoms with Gasteiger partial charge in [0.2, 0.25) is 0 Å². The molecule has 1 rings (SSSR count). The molecule has 0 radical (unpaired) electrons. The predicted octanol–water partition coefficient (Wildman–Crippen LogP) is 1.99. The summed E-state index contributed by atoms with van der Waals surface area (Å²) in [6.45, 7) is 3.14. The summed E-state index contributed by atoms with van der Waals surface area (Å²) in [5.74, 6) is -3.78. The van der Waals surface area contributed by atoms with E-state index in [2.05, 4.69) is 4.74 Å². The van der Waals surface area contributed by atoms with E-state index < -0.39 is 29.6 Å². The first-order valence-corrected chi connectivity index (χ1v) is 5.27. The number of carbonyl (C=O) groups is 1. The number of hydrogen-bond donors (Lipinski definition) is 1. The highest BCUT2D eigenvalue weighted by atomic mass is 19.2. The average Bonchev–Trinajstić information content (AvgIpc) is 2.31. The first-order valence-electron chi connectivity index (χ1n) is 5.27. The van der Waals surface area contributed by atoms with Crippen molar-refractivity contribution in [2.24, 2.45) is 0 Å². The number of esters is 1. The maximum Gasteiger partial charge on any atom is 0.335 e. The number of aliphatic hydroxyl groups excluding tert-OH is 1. The van der Waals surface area contributed by atoms with Crippen molar-refractivity contribution in [1.29, 1.82) is 0 Å². The van der Waals surface area contributed by atoms with Gasteiger partial charge in [-0.15, -0.1) is 0 Å². The lowest BCUT2D eigenvalue weighted by atomic mass is 9.95. The van der Waals surface area contributed by atoms with Crippen molar-refractivity contribution in [3.63, 3.8) is 0 Å². The van der Waals surface area contributed by atoms with E-state index in [9.17, 15) is 18.7 Å². The van der Waals surface area contributed by atoms with Gasteiger partial charge in [-0.1, -0.05) is 19.1 Å². The number of hydrogen-bond acceptors (Lipinski definition) is 3. The molecule has 0 saturated carbocycles. The Morgan fingerprint density at radius 3 is 2.71 bits per heavy atom. The second-order valence-corrected chi connectivity index (χ2v) is 3.63. The molecule has 0 aliphatic carbocycles. The van der Waals surface area contributed by atoms with Crippen LogP contribution in [0.2, 0.25) is 0 Å². The van der Waals surface area contributed by atoms with Crippen molar-refractivity contribution in [3.05, 3.63) is 35.4 Å². The molecule has 1 aromatic carbocycles. The molecular weight excluding hydrogens is 230 g/mol. The Morgan fingerprint density at radius 2 is 2.12 bits per heavy atom. The molecule has 0 amide bonds. The summed E-state index contributed by atoms with van der Waals surface area (Å²) in [6.07, 6.45) is -1.51. The normalized spacial score (nSPS) is 14.2. The average molecular weight is 244 g/mol. The summed E-state index contributed by atoms with van der Waals surface area (Å²) in [4.78, 5) is 11.3.